The third-order valence-electron chi connectivity index (χ3n) is 13.2. The third kappa shape index (κ3) is 29.1. The number of allylic oxidation sites excluding steroid dienone is 4. The lowest BCUT2D eigenvalue weighted by molar-refractivity contribution is -0.332. The van der Waals surface area contributed by atoms with Crippen molar-refractivity contribution in [2.75, 3.05) is 33.0 Å². The van der Waals surface area contributed by atoms with Crippen LogP contribution in [0.1, 0.15) is 213 Å². The highest BCUT2D eigenvalue weighted by molar-refractivity contribution is 5.69. The van der Waals surface area contributed by atoms with Gasteiger partial charge in [0.25, 0.3) is 0 Å². The van der Waals surface area contributed by atoms with Gasteiger partial charge in [-0.3, -0.25) is 4.79 Å². The molecule has 14 heteroatoms. The first kappa shape index (κ1) is 62.6. The van der Waals surface area contributed by atoms with Gasteiger partial charge in [-0.1, -0.05) is 186 Å². The van der Waals surface area contributed by atoms with Gasteiger partial charge in [0.1, 0.15) is 54.9 Å². The minimum atomic E-state index is -1.71. The van der Waals surface area contributed by atoms with Gasteiger partial charge in [0, 0.05) is 13.0 Å². The fourth-order valence-electron chi connectivity index (χ4n) is 8.73. The summed E-state index contributed by atoms with van der Waals surface area (Å²) in [6, 6.07) is 0. The molecule has 2 aliphatic rings. The van der Waals surface area contributed by atoms with Crippen LogP contribution in [0.15, 0.2) is 24.3 Å². The highest BCUT2D eigenvalue weighted by Crippen LogP contribution is 2.26. The van der Waals surface area contributed by atoms with Crippen LogP contribution in [0.3, 0.4) is 0 Å². The van der Waals surface area contributed by atoms with Crippen LogP contribution in [-0.4, -0.2) is 142 Å². The van der Waals surface area contributed by atoms with Crippen molar-refractivity contribution in [3.8, 4) is 0 Å². The fraction of sp³-hybridized carbons (Fsp3) is 0.907. The lowest BCUT2D eigenvalue weighted by Gasteiger charge is -2.42. The minimum absolute atomic E-state index is 0.0626. The first-order valence-corrected chi connectivity index (χ1v) is 27.4. The fourth-order valence-corrected chi connectivity index (χ4v) is 8.73. The number of esters is 1. The number of hydrogen-bond donors (Lipinski definition) is 7. The van der Waals surface area contributed by atoms with Crippen LogP contribution in [0.5, 0.6) is 0 Å². The lowest BCUT2D eigenvalue weighted by Crippen LogP contribution is -2.61. The summed E-state index contributed by atoms with van der Waals surface area (Å²) >= 11 is 0. The van der Waals surface area contributed by atoms with Gasteiger partial charge in [-0.05, 0) is 44.9 Å². The Balaban J connectivity index is 1.75. The molecule has 0 spiro atoms. The monoisotopic (exact) mass is 973 g/mol. The number of unbranched alkanes of at least 4 members (excludes halogenated alkanes) is 26. The molecule has 0 aromatic heterocycles. The average Bonchev–Trinajstić information content (AvgIpc) is 3.33. The summed E-state index contributed by atoms with van der Waals surface area (Å²) in [6.07, 6.45) is 29.4. The molecule has 0 aliphatic carbocycles. The van der Waals surface area contributed by atoms with E-state index in [2.05, 4.69) is 38.2 Å². The molecule has 11 unspecified atom stereocenters. The number of aliphatic hydroxyl groups is 7. The highest BCUT2D eigenvalue weighted by Gasteiger charge is 2.47. The number of aliphatic hydroxyl groups excluding tert-OH is 7. The molecule has 11 atom stereocenters. The number of ether oxygens (including phenoxy) is 6. The van der Waals surface area contributed by atoms with Crippen molar-refractivity contribution in [3.05, 3.63) is 24.3 Å². The van der Waals surface area contributed by atoms with Crippen LogP contribution < -0.4 is 0 Å². The molecule has 68 heavy (non-hydrogen) atoms. The van der Waals surface area contributed by atoms with Crippen molar-refractivity contribution >= 4 is 5.97 Å². The Kier molecular flexibility index (Phi) is 38.7. The van der Waals surface area contributed by atoms with Crippen LogP contribution in [0.25, 0.3) is 0 Å². The van der Waals surface area contributed by atoms with E-state index in [0.717, 1.165) is 51.4 Å². The second-order valence-corrected chi connectivity index (χ2v) is 19.4. The summed E-state index contributed by atoms with van der Waals surface area (Å²) in [7, 11) is 0. The zero-order valence-electron chi connectivity index (χ0n) is 42.6. The van der Waals surface area contributed by atoms with Gasteiger partial charge in [-0.25, -0.2) is 0 Å². The molecule has 14 nitrogen and oxygen atoms in total. The van der Waals surface area contributed by atoms with Crippen molar-refractivity contribution in [3.63, 3.8) is 0 Å². The quantitative estimate of drug-likeness (QED) is 0.0173. The van der Waals surface area contributed by atoms with Crippen LogP contribution in [-0.2, 0) is 33.2 Å². The maximum absolute atomic E-state index is 13.0. The average molecular weight is 973 g/mol. The van der Waals surface area contributed by atoms with Crippen molar-refractivity contribution in [1.29, 1.82) is 0 Å². The number of rotatable bonds is 44. The van der Waals surface area contributed by atoms with E-state index in [4.69, 9.17) is 28.4 Å². The highest BCUT2D eigenvalue weighted by atomic mass is 16.7. The molecule has 0 saturated carbocycles. The predicted molar refractivity (Wildman–Crippen MR) is 266 cm³/mol. The van der Waals surface area contributed by atoms with Crippen molar-refractivity contribution in [1.82, 2.24) is 0 Å². The maximum Gasteiger partial charge on any atom is 0.306 e. The molecule has 0 bridgehead atoms. The summed E-state index contributed by atoms with van der Waals surface area (Å²) in [6.45, 7) is 3.70. The molecule has 2 aliphatic heterocycles. The maximum atomic E-state index is 13.0. The lowest BCUT2D eigenvalue weighted by atomic mass is 9.98. The van der Waals surface area contributed by atoms with Gasteiger partial charge in [0.15, 0.2) is 12.6 Å². The van der Waals surface area contributed by atoms with E-state index in [0.29, 0.717) is 13.0 Å². The normalized spacial score (nSPS) is 26.0. The second-order valence-electron chi connectivity index (χ2n) is 19.4. The molecule has 2 heterocycles. The smallest absolute Gasteiger partial charge is 0.306 e. The van der Waals surface area contributed by atoms with Gasteiger partial charge in [-0.2, -0.15) is 0 Å². The largest absolute Gasteiger partial charge is 0.457 e. The summed E-state index contributed by atoms with van der Waals surface area (Å²) in [5.41, 5.74) is 0. The van der Waals surface area contributed by atoms with Crippen LogP contribution >= 0.6 is 0 Å². The van der Waals surface area contributed by atoms with Gasteiger partial charge in [0.2, 0.25) is 0 Å². The van der Waals surface area contributed by atoms with E-state index in [1.165, 1.54) is 135 Å². The van der Waals surface area contributed by atoms with Crippen molar-refractivity contribution in [2.45, 2.75) is 280 Å². The molecular formula is C54H100O14. The van der Waals surface area contributed by atoms with Crippen LogP contribution in [0, 0.1) is 0 Å². The van der Waals surface area contributed by atoms with Crippen molar-refractivity contribution in [2.24, 2.45) is 0 Å². The molecule has 0 amide bonds. The Morgan fingerprint density at radius 3 is 1.43 bits per heavy atom. The van der Waals surface area contributed by atoms with E-state index in [9.17, 15) is 40.5 Å². The van der Waals surface area contributed by atoms with Crippen molar-refractivity contribution < 1.29 is 69.0 Å². The number of carbonyl (C=O) groups is 1. The van der Waals surface area contributed by atoms with Gasteiger partial charge in [-0.15, -0.1) is 0 Å². The van der Waals surface area contributed by atoms with E-state index < -0.39 is 80.7 Å². The van der Waals surface area contributed by atoms with E-state index >= 15 is 0 Å². The second kappa shape index (κ2) is 42.0. The Morgan fingerprint density at radius 2 is 0.912 bits per heavy atom. The molecule has 2 saturated heterocycles. The molecule has 2 fully saturated rings. The molecular weight excluding hydrogens is 873 g/mol. The Morgan fingerprint density at radius 1 is 0.485 bits per heavy atom. The first-order chi connectivity index (χ1) is 33.1. The summed E-state index contributed by atoms with van der Waals surface area (Å²) in [4.78, 5) is 13.0. The Hall–Kier alpha value is -1.53. The van der Waals surface area contributed by atoms with E-state index in [1.54, 1.807) is 0 Å². The molecule has 7 N–H and O–H groups in total. The standard InChI is InChI=1S/C54H100O14/c1-3-5-7-9-11-13-15-17-19-21-22-23-25-27-29-31-33-35-37-46(56)66-43(40-63-38-36-34-32-30-28-26-24-20-18-16-14-12-10-8-6-4-2)41-64-53-52(62)50(60)48(58)45(68-53)42-65-54-51(61)49(59)47(57)44(39-55)67-54/h13,15,19,21,43-45,47-55,57-62H,3-12,14,16-18,20,22-42H2,1-2H3/b15-13-,21-19-. The summed E-state index contributed by atoms with van der Waals surface area (Å²) in [5, 5.41) is 72.2. The zero-order chi connectivity index (χ0) is 49.5. The first-order valence-electron chi connectivity index (χ1n) is 27.4. The minimum Gasteiger partial charge on any atom is -0.457 e. The SMILES string of the molecule is CCCCCC/C=C\C/C=C\CCCCCCCCCC(=O)OC(COCCCCCCCCCCCCCCCCCC)COC1OC(COC2OC(CO)C(O)C(O)C2O)C(O)C(O)C1O. The topological polar surface area (TPSA) is 214 Å². The van der Waals surface area contributed by atoms with Gasteiger partial charge in [0.05, 0.1) is 26.4 Å². The Bertz CT molecular complexity index is 1220. The molecule has 2 rings (SSSR count). The molecule has 0 radical (unpaired) electrons. The summed E-state index contributed by atoms with van der Waals surface area (Å²) in [5.74, 6) is -0.380. The van der Waals surface area contributed by atoms with E-state index in [-0.39, 0.29) is 25.6 Å². The molecule has 0 aromatic carbocycles. The van der Waals surface area contributed by atoms with Crippen LogP contribution in [0.2, 0.25) is 0 Å². The Labute approximate surface area is 411 Å². The number of hydrogen-bond acceptors (Lipinski definition) is 14. The van der Waals surface area contributed by atoms with Crippen LogP contribution in [0.4, 0.5) is 0 Å². The summed E-state index contributed by atoms with van der Waals surface area (Å²) < 4.78 is 34.3. The zero-order valence-corrected chi connectivity index (χ0v) is 42.6. The number of carbonyl (C=O) groups excluding carboxylic acids is 1. The molecule has 0 aromatic rings. The van der Waals surface area contributed by atoms with E-state index in [1.807, 2.05) is 0 Å². The van der Waals surface area contributed by atoms with Gasteiger partial charge >= 0.3 is 5.97 Å². The third-order valence-corrected chi connectivity index (χ3v) is 13.2. The van der Waals surface area contributed by atoms with Gasteiger partial charge < -0.3 is 64.2 Å². The predicted octanol–water partition coefficient (Wildman–Crippen LogP) is 8.80. The molecule has 400 valence electrons.